The SMILES string of the molecule is O=C(CC(F)(F)F)N(CCc1ccccc1)c1ccccc1. The molecule has 22 heavy (non-hydrogen) atoms. The Hall–Kier alpha value is -2.30. The van der Waals surface area contributed by atoms with Crippen LogP contribution in [0.5, 0.6) is 0 Å². The van der Waals surface area contributed by atoms with Crippen LogP contribution in [0.25, 0.3) is 0 Å². The molecule has 0 radical (unpaired) electrons. The van der Waals surface area contributed by atoms with Gasteiger partial charge in [0, 0.05) is 12.2 Å². The van der Waals surface area contributed by atoms with Gasteiger partial charge in [-0.05, 0) is 24.1 Å². The van der Waals surface area contributed by atoms with Gasteiger partial charge in [0.25, 0.3) is 0 Å². The second-order valence-corrected chi connectivity index (χ2v) is 4.91. The largest absolute Gasteiger partial charge is 0.397 e. The normalized spacial score (nSPS) is 11.2. The smallest absolute Gasteiger partial charge is 0.312 e. The van der Waals surface area contributed by atoms with Crippen LogP contribution in [-0.2, 0) is 11.2 Å². The molecule has 0 aliphatic carbocycles. The summed E-state index contributed by atoms with van der Waals surface area (Å²) >= 11 is 0. The predicted octanol–water partition coefficient (Wildman–Crippen LogP) is 4.21. The minimum absolute atomic E-state index is 0.211. The van der Waals surface area contributed by atoms with Gasteiger partial charge in [0.15, 0.2) is 0 Å². The van der Waals surface area contributed by atoms with E-state index in [1.54, 1.807) is 30.3 Å². The maximum Gasteiger partial charge on any atom is 0.397 e. The number of nitrogens with zero attached hydrogens (tertiary/aromatic N) is 1. The third-order valence-electron chi connectivity index (χ3n) is 3.19. The molecule has 0 aliphatic rings. The molecule has 116 valence electrons. The quantitative estimate of drug-likeness (QED) is 0.810. The van der Waals surface area contributed by atoms with E-state index in [9.17, 15) is 18.0 Å². The fraction of sp³-hybridized carbons (Fsp3) is 0.235. The lowest BCUT2D eigenvalue weighted by atomic mass is 10.1. The van der Waals surface area contributed by atoms with E-state index in [1.807, 2.05) is 30.3 Å². The van der Waals surface area contributed by atoms with E-state index in [2.05, 4.69) is 0 Å². The van der Waals surface area contributed by atoms with Gasteiger partial charge in [-0.15, -0.1) is 0 Å². The highest BCUT2D eigenvalue weighted by Crippen LogP contribution is 2.23. The van der Waals surface area contributed by atoms with E-state index in [-0.39, 0.29) is 6.54 Å². The molecule has 5 heteroatoms. The molecule has 2 rings (SSSR count). The number of hydrogen-bond acceptors (Lipinski definition) is 1. The van der Waals surface area contributed by atoms with Crippen LogP contribution in [0.4, 0.5) is 18.9 Å². The molecule has 0 aliphatic heterocycles. The lowest BCUT2D eigenvalue weighted by Crippen LogP contribution is -2.35. The van der Waals surface area contributed by atoms with Crippen LogP contribution < -0.4 is 4.90 Å². The summed E-state index contributed by atoms with van der Waals surface area (Å²) in [6.45, 7) is 0.211. The van der Waals surface area contributed by atoms with Crippen molar-refractivity contribution in [2.45, 2.75) is 19.0 Å². The first-order valence-corrected chi connectivity index (χ1v) is 6.92. The molecule has 0 fully saturated rings. The number of carbonyl (C=O) groups excluding carboxylic acids is 1. The standard InChI is InChI=1S/C17H16F3NO/c18-17(19,20)13-16(22)21(15-9-5-2-6-10-15)12-11-14-7-3-1-4-8-14/h1-10H,11-13H2. The van der Waals surface area contributed by atoms with Crippen LogP contribution in [0.3, 0.4) is 0 Å². The third-order valence-corrected chi connectivity index (χ3v) is 3.19. The Morgan fingerprint density at radius 1 is 0.909 bits per heavy atom. The summed E-state index contributed by atoms with van der Waals surface area (Å²) < 4.78 is 37.5. The Morgan fingerprint density at radius 3 is 2.00 bits per heavy atom. The Morgan fingerprint density at radius 2 is 1.45 bits per heavy atom. The van der Waals surface area contributed by atoms with Gasteiger partial charge in [-0.1, -0.05) is 48.5 Å². The molecular formula is C17H16F3NO. The van der Waals surface area contributed by atoms with E-state index in [0.717, 1.165) is 5.56 Å². The molecule has 0 saturated carbocycles. The molecule has 0 saturated heterocycles. The van der Waals surface area contributed by atoms with Gasteiger partial charge in [-0.3, -0.25) is 4.79 Å². The molecule has 0 N–H and O–H groups in total. The first kappa shape index (κ1) is 16.1. The summed E-state index contributed by atoms with van der Waals surface area (Å²) in [5, 5.41) is 0. The van der Waals surface area contributed by atoms with Crippen molar-refractivity contribution in [3.05, 3.63) is 66.2 Å². The molecule has 0 bridgehead atoms. The van der Waals surface area contributed by atoms with Crippen molar-refractivity contribution in [1.82, 2.24) is 0 Å². The van der Waals surface area contributed by atoms with Crippen LogP contribution in [0.2, 0.25) is 0 Å². The minimum atomic E-state index is -4.50. The maximum absolute atomic E-state index is 12.5. The average Bonchev–Trinajstić information content (AvgIpc) is 2.48. The van der Waals surface area contributed by atoms with Gasteiger partial charge in [0.2, 0.25) is 5.91 Å². The molecule has 0 heterocycles. The zero-order chi connectivity index (χ0) is 16.0. The van der Waals surface area contributed by atoms with Gasteiger partial charge >= 0.3 is 6.18 Å². The highest BCUT2D eigenvalue weighted by Gasteiger charge is 2.33. The number of amides is 1. The molecule has 0 spiro atoms. The monoisotopic (exact) mass is 307 g/mol. The summed E-state index contributed by atoms with van der Waals surface area (Å²) in [6, 6.07) is 17.8. The van der Waals surface area contributed by atoms with Crippen LogP contribution in [-0.4, -0.2) is 18.6 Å². The summed E-state index contributed by atoms with van der Waals surface area (Å²) in [5.41, 5.74) is 1.45. The molecule has 2 aromatic carbocycles. The van der Waals surface area contributed by atoms with Gasteiger partial charge in [-0.2, -0.15) is 13.2 Å². The summed E-state index contributed by atoms with van der Waals surface area (Å²) in [6.07, 6.45) is -5.45. The number of halogens is 3. The van der Waals surface area contributed by atoms with Gasteiger partial charge < -0.3 is 4.90 Å². The highest BCUT2D eigenvalue weighted by atomic mass is 19.4. The topological polar surface area (TPSA) is 20.3 Å². The number of carbonyl (C=O) groups is 1. The van der Waals surface area contributed by atoms with Crippen molar-refractivity contribution in [1.29, 1.82) is 0 Å². The summed E-state index contributed by atoms with van der Waals surface area (Å²) in [4.78, 5) is 13.2. The van der Waals surface area contributed by atoms with Crippen molar-refractivity contribution in [3.8, 4) is 0 Å². The Kier molecular flexibility index (Phi) is 5.20. The van der Waals surface area contributed by atoms with Crippen molar-refractivity contribution in [3.63, 3.8) is 0 Å². The molecule has 2 aromatic rings. The second kappa shape index (κ2) is 7.11. The molecule has 1 amide bonds. The zero-order valence-corrected chi connectivity index (χ0v) is 11.9. The fourth-order valence-electron chi connectivity index (χ4n) is 2.16. The number of rotatable bonds is 5. The molecule has 0 aromatic heterocycles. The molecule has 2 nitrogen and oxygen atoms in total. The second-order valence-electron chi connectivity index (χ2n) is 4.91. The Labute approximate surface area is 127 Å². The number of alkyl halides is 3. The number of hydrogen-bond donors (Lipinski definition) is 0. The van der Waals surface area contributed by atoms with Crippen LogP contribution in [0.1, 0.15) is 12.0 Å². The Bertz CT molecular complexity index is 596. The van der Waals surface area contributed by atoms with Crippen LogP contribution in [0.15, 0.2) is 60.7 Å². The number of para-hydroxylation sites is 1. The van der Waals surface area contributed by atoms with Crippen molar-refractivity contribution >= 4 is 11.6 Å². The van der Waals surface area contributed by atoms with Crippen LogP contribution in [0, 0.1) is 0 Å². The lowest BCUT2D eigenvalue weighted by Gasteiger charge is -2.23. The zero-order valence-electron chi connectivity index (χ0n) is 11.9. The first-order chi connectivity index (χ1) is 10.5. The predicted molar refractivity (Wildman–Crippen MR) is 79.6 cm³/mol. The lowest BCUT2D eigenvalue weighted by molar-refractivity contribution is -0.151. The first-order valence-electron chi connectivity index (χ1n) is 6.92. The maximum atomic E-state index is 12.5. The molecular weight excluding hydrogens is 291 g/mol. The minimum Gasteiger partial charge on any atom is -0.312 e. The van der Waals surface area contributed by atoms with E-state index in [0.29, 0.717) is 12.1 Å². The van der Waals surface area contributed by atoms with Crippen molar-refractivity contribution in [2.24, 2.45) is 0 Å². The summed E-state index contributed by atoms with van der Waals surface area (Å²) in [5.74, 6) is -0.936. The van der Waals surface area contributed by atoms with E-state index in [4.69, 9.17) is 0 Å². The fourth-order valence-corrected chi connectivity index (χ4v) is 2.16. The third kappa shape index (κ3) is 4.91. The van der Waals surface area contributed by atoms with Gasteiger partial charge in [-0.25, -0.2) is 0 Å². The highest BCUT2D eigenvalue weighted by molar-refractivity contribution is 5.93. The molecule has 0 unspecified atom stereocenters. The number of benzene rings is 2. The van der Waals surface area contributed by atoms with Crippen molar-refractivity contribution < 1.29 is 18.0 Å². The van der Waals surface area contributed by atoms with Crippen LogP contribution >= 0.6 is 0 Å². The van der Waals surface area contributed by atoms with E-state index in [1.165, 1.54) is 4.90 Å². The Balaban J connectivity index is 2.13. The molecule has 0 atom stereocenters. The van der Waals surface area contributed by atoms with E-state index >= 15 is 0 Å². The number of anilines is 1. The summed E-state index contributed by atoms with van der Waals surface area (Å²) in [7, 11) is 0. The van der Waals surface area contributed by atoms with Crippen molar-refractivity contribution in [2.75, 3.05) is 11.4 Å². The van der Waals surface area contributed by atoms with Gasteiger partial charge in [0.05, 0.1) is 0 Å². The van der Waals surface area contributed by atoms with Gasteiger partial charge in [0.1, 0.15) is 6.42 Å². The van der Waals surface area contributed by atoms with E-state index < -0.39 is 18.5 Å². The average molecular weight is 307 g/mol.